The summed E-state index contributed by atoms with van der Waals surface area (Å²) in [5.74, 6) is -2.06. The number of benzene rings is 2. The quantitative estimate of drug-likeness (QED) is 0.502. The van der Waals surface area contributed by atoms with E-state index in [2.05, 4.69) is 15.6 Å². The van der Waals surface area contributed by atoms with E-state index in [0.29, 0.717) is 16.8 Å². The van der Waals surface area contributed by atoms with E-state index in [4.69, 9.17) is 5.11 Å². The first-order valence-corrected chi connectivity index (χ1v) is 10.2. The fourth-order valence-corrected chi connectivity index (χ4v) is 3.87. The summed E-state index contributed by atoms with van der Waals surface area (Å²) in [6, 6.07) is 10.1. The number of anilines is 1. The van der Waals surface area contributed by atoms with Gasteiger partial charge in [-0.1, -0.05) is 18.2 Å². The highest BCUT2D eigenvalue weighted by atomic mass is 16.4. The minimum absolute atomic E-state index is 0.127. The molecule has 0 aliphatic carbocycles. The maximum atomic E-state index is 13.2. The number of carboxylic acid groups (broad SMARTS) is 1. The summed E-state index contributed by atoms with van der Waals surface area (Å²) >= 11 is 0. The van der Waals surface area contributed by atoms with Gasteiger partial charge in [0.05, 0.1) is 17.5 Å². The molecule has 0 radical (unpaired) electrons. The molecule has 3 N–H and O–H groups in total. The molecule has 1 fully saturated rings. The Kier molecular flexibility index (Phi) is 5.74. The van der Waals surface area contributed by atoms with Gasteiger partial charge in [0.25, 0.3) is 11.5 Å². The van der Waals surface area contributed by atoms with Crippen LogP contribution in [0.25, 0.3) is 10.9 Å². The van der Waals surface area contributed by atoms with Gasteiger partial charge in [0.2, 0.25) is 11.8 Å². The largest absolute Gasteiger partial charge is 0.481 e. The van der Waals surface area contributed by atoms with Crippen LogP contribution in [0.5, 0.6) is 0 Å². The van der Waals surface area contributed by atoms with E-state index < -0.39 is 29.4 Å². The summed E-state index contributed by atoms with van der Waals surface area (Å²) in [5, 5.41) is 14.1. The number of amides is 3. The smallest absolute Gasteiger partial charge is 0.307 e. The molecule has 168 valence electrons. The van der Waals surface area contributed by atoms with Crippen molar-refractivity contribution < 1.29 is 24.3 Å². The van der Waals surface area contributed by atoms with Crippen molar-refractivity contribution in [1.82, 2.24) is 14.9 Å². The van der Waals surface area contributed by atoms with Gasteiger partial charge in [0.1, 0.15) is 17.4 Å². The minimum Gasteiger partial charge on any atom is -0.481 e. The molecule has 0 spiro atoms. The van der Waals surface area contributed by atoms with Crippen LogP contribution in [-0.4, -0.2) is 38.3 Å². The Morgan fingerprint density at radius 1 is 1.15 bits per heavy atom. The molecule has 1 aliphatic heterocycles. The molecule has 2 heterocycles. The van der Waals surface area contributed by atoms with E-state index in [1.807, 2.05) is 0 Å². The molecule has 33 heavy (non-hydrogen) atoms. The molecule has 2 aromatic carbocycles. The fourth-order valence-electron chi connectivity index (χ4n) is 3.87. The summed E-state index contributed by atoms with van der Waals surface area (Å²) < 4.78 is 1.27. The second kappa shape index (κ2) is 8.65. The number of carboxylic acids is 1. The number of aryl methyl sites for hydroxylation is 1. The molecule has 1 atom stereocenters. The van der Waals surface area contributed by atoms with Crippen LogP contribution in [0.3, 0.4) is 0 Å². The van der Waals surface area contributed by atoms with E-state index in [-0.39, 0.29) is 41.9 Å². The van der Waals surface area contributed by atoms with Crippen LogP contribution in [0.1, 0.15) is 40.6 Å². The third-order valence-electron chi connectivity index (χ3n) is 5.45. The fraction of sp³-hybridized carbons (Fsp3) is 0.217. The van der Waals surface area contributed by atoms with Gasteiger partial charge in [-0.15, -0.1) is 0 Å². The van der Waals surface area contributed by atoms with Gasteiger partial charge >= 0.3 is 5.97 Å². The molecule has 0 bridgehead atoms. The Hall–Kier alpha value is -4.34. The Labute approximate surface area is 187 Å². The molecule has 4 rings (SSSR count). The summed E-state index contributed by atoms with van der Waals surface area (Å²) in [4.78, 5) is 65.0. The molecule has 10 nitrogen and oxygen atoms in total. The first-order valence-electron chi connectivity index (χ1n) is 10.2. The Balaban J connectivity index is 1.66. The lowest BCUT2D eigenvalue weighted by Crippen LogP contribution is -2.45. The van der Waals surface area contributed by atoms with Gasteiger partial charge in [-0.3, -0.25) is 33.9 Å². The molecule has 1 aliphatic rings. The summed E-state index contributed by atoms with van der Waals surface area (Å²) in [5.41, 5.74) is 1.04. The first kappa shape index (κ1) is 21.9. The van der Waals surface area contributed by atoms with Gasteiger partial charge in [-0.2, -0.15) is 0 Å². The predicted molar refractivity (Wildman–Crippen MR) is 118 cm³/mol. The first-order chi connectivity index (χ1) is 15.7. The second-order valence-electron chi connectivity index (χ2n) is 7.72. The zero-order chi connectivity index (χ0) is 23.7. The van der Waals surface area contributed by atoms with E-state index in [1.54, 1.807) is 37.3 Å². The Morgan fingerprint density at radius 3 is 2.55 bits per heavy atom. The maximum Gasteiger partial charge on any atom is 0.307 e. The molecule has 3 aromatic rings. The van der Waals surface area contributed by atoms with Crippen molar-refractivity contribution in [1.29, 1.82) is 0 Å². The van der Waals surface area contributed by atoms with Crippen LogP contribution < -0.4 is 16.2 Å². The number of rotatable bonds is 5. The lowest BCUT2D eigenvalue weighted by molar-refractivity contribution is -0.137. The number of aromatic nitrogens is 2. The molecular weight excluding hydrogens is 428 g/mol. The number of hydrogen-bond acceptors (Lipinski definition) is 6. The molecular formula is C23H20N4O6. The van der Waals surface area contributed by atoms with E-state index in [9.17, 15) is 24.0 Å². The number of fused-ring (bicyclic) bond motifs is 1. The highest BCUT2D eigenvalue weighted by Crippen LogP contribution is 2.24. The van der Waals surface area contributed by atoms with Crippen molar-refractivity contribution >= 4 is 40.3 Å². The molecule has 10 heteroatoms. The standard InChI is InChI=1S/C23H20N4O6/c1-12-24-20-15(23(33)27(12)17-9-10-18(28)26-22(17)32)3-2-4-16(20)25-21(31)14-7-5-13(6-8-14)11-19(29)30/h2-8,17H,9-11H2,1H3,(H,25,31)(H,29,30)(H,26,28,32). The third kappa shape index (κ3) is 4.36. The van der Waals surface area contributed by atoms with Gasteiger partial charge < -0.3 is 10.4 Å². The number of carbonyl (C=O) groups excluding carboxylic acids is 3. The second-order valence-corrected chi connectivity index (χ2v) is 7.72. The maximum absolute atomic E-state index is 13.2. The SMILES string of the molecule is Cc1nc2c(NC(=O)c3ccc(CC(=O)O)cc3)cccc2c(=O)n1C1CCC(=O)NC1=O. The van der Waals surface area contributed by atoms with Crippen LogP contribution >= 0.6 is 0 Å². The molecule has 3 amide bonds. The van der Waals surface area contributed by atoms with Crippen molar-refractivity contribution in [3.05, 3.63) is 69.8 Å². The highest BCUT2D eigenvalue weighted by molar-refractivity contribution is 6.08. The molecule has 1 aromatic heterocycles. The number of para-hydroxylation sites is 1. The molecule has 1 unspecified atom stereocenters. The number of imide groups is 1. The number of nitrogens with zero attached hydrogens (tertiary/aromatic N) is 2. The van der Waals surface area contributed by atoms with E-state index in [1.165, 1.54) is 16.7 Å². The highest BCUT2D eigenvalue weighted by Gasteiger charge is 2.30. The van der Waals surface area contributed by atoms with Crippen LogP contribution in [0.4, 0.5) is 5.69 Å². The zero-order valence-corrected chi connectivity index (χ0v) is 17.6. The van der Waals surface area contributed by atoms with Crippen LogP contribution in [0, 0.1) is 6.92 Å². The van der Waals surface area contributed by atoms with Crippen molar-refractivity contribution in [2.24, 2.45) is 0 Å². The number of piperidine rings is 1. The van der Waals surface area contributed by atoms with Crippen LogP contribution in [-0.2, 0) is 20.8 Å². The predicted octanol–water partition coefficient (Wildman–Crippen LogP) is 1.56. The van der Waals surface area contributed by atoms with Crippen molar-refractivity contribution in [2.75, 3.05) is 5.32 Å². The monoisotopic (exact) mass is 448 g/mol. The molecule has 1 saturated heterocycles. The van der Waals surface area contributed by atoms with Gasteiger partial charge in [0, 0.05) is 12.0 Å². The van der Waals surface area contributed by atoms with Crippen LogP contribution in [0.15, 0.2) is 47.3 Å². The average Bonchev–Trinajstić information content (AvgIpc) is 2.76. The van der Waals surface area contributed by atoms with Crippen LogP contribution in [0.2, 0.25) is 0 Å². The third-order valence-corrected chi connectivity index (χ3v) is 5.45. The Bertz CT molecular complexity index is 1360. The minimum atomic E-state index is -0.965. The van der Waals surface area contributed by atoms with Crippen molar-refractivity contribution in [3.8, 4) is 0 Å². The number of nitrogens with one attached hydrogen (secondary N) is 2. The number of hydrogen-bond donors (Lipinski definition) is 3. The van der Waals surface area contributed by atoms with Crippen molar-refractivity contribution in [2.45, 2.75) is 32.2 Å². The normalized spacial score (nSPS) is 15.8. The zero-order valence-electron chi connectivity index (χ0n) is 17.6. The summed E-state index contributed by atoms with van der Waals surface area (Å²) in [6.07, 6.45) is 0.183. The Morgan fingerprint density at radius 2 is 1.88 bits per heavy atom. The van der Waals surface area contributed by atoms with E-state index in [0.717, 1.165) is 0 Å². The van der Waals surface area contributed by atoms with Crippen molar-refractivity contribution in [3.63, 3.8) is 0 Å². The lowest BCUT2D eigenvalue weighted by atomic mass is 10.1. The topological polar surface area (TPSA) is 147 Å². The summed E-state index contributed by atoms with van der Waals surface area (Å²) in [7, 11) is 0. The number of aliphatic carboxylic acids is 1. The lowest BCUT2D eigenvalue weighted by Gasteiger charge is -2.24. The van der Waals surface area contributed by atoms with E-state index >= 15 is 0 Å². The molecule has 0 saturated carbocycles. The average molecular weight is 448 g/mol. The summed E-state index contributed by atoms with van der Waals surface area (Å²) in [6.45, 7) is 1.59. The number of carbonyl (C=O) groups is 4. The van der Waals surface area contributed by atoms with Gasteiger partial charge in [-0.05, 0) is 43.2 Å². The van der Waals surface area contributed by atoms with Gasteiger partial charge in [-0.25, -0.2) is 4.98 Å². The van der Waals surface area contributed by atoms with Gasteiger partial charge in [0.15, 0.2) is 0 Å².